The van der Waals surface area contributed by atoms with E-state index in [1.54, 1.807) is 10.9 Å². The molecule has 1 aromatic rings. The van der Waals surface area contributed by atoms with E-state index in [-0.39, 0.29) is 17.8 Å². The Labute approximate surface area is 99.0 Å². The van der Waals surface area contributed by atoms with Crippen molar-refractivity contribution in [1.29, 1.82) is 5.26 Å². The van der Waals surface area contributed by atoms with Gasteiger partial charge in [0.05, 0.1) is 35.4 Å². The molecule has 0 radical (unpaired) electrons. The number of nitrogens with zero attached hydrogens (tertiary/aromatic N) is 4. The summed E-state index contributed by atoms with van der Waals surface area (Å²) in [4.78, 5) is 10.1. The minimum atomic E-state index is -0.505. The molecule has 0 spiro atoms. The molecule has 6 heteroatoms. The first kappa shape index (κ1) is 11.6. The fourth-order valence-corrected chi connectivity index (χ4v) is 2.37. The summed E-state index contributed by atoms with van der Waals surface area (Å²) in [6.07, 6.45) is 6.57. The van der Waals surface area contributed by atoms with Gasteiger partial charge in [-0.05, 0) is 17.8 Å². The minimum Gasteiger partial charge on any atom is -0.358 e. The molecule has 0 amide bonds. The molecule has 0 bridgehead atoms. The van der Waals surface area contributed by atoms with Crippen LogP contribution >= 0.6 is 0 Å². The van der Waals surface area contributed by atoms with Gasteiger partial charge in [0.25, 0.3) is 0 Å². The van der Waals surface area contributed by atoms with Gasteiger partial charge in [-0.1, -0.05) is 19.3 Å². The molecule has 0 N–H and O–H groups in total. The van der Waals surface area contributed by atoms with Crippen LogP contribution in [0.15, 0.2) is 12.3 Å². The number of nitro groups is 1. The zero-order chi connectivity index (χ0) is 12.3. The Hall–Kier alpha value is -1.90. The maximum Gasteiger partial charge on any atom is 0.389 e. The van der Waals surface area contributed by atoms with Crippen LogP contribution in [0.1, 0.15) is 38.1 Å². The molecule has 1 aromatic heterocycles. The lowest BCUT2D eigenvalue weighted by atomic mass is 9.97. The van der Waals surface area contributed by atoms with E-state index in [4.69, 9.17) is 5.26 Å². The predicted molar refractivity (Wildman–Crippen MR) is 60.1 cm³/mol. The maximum absolute atomic E-state index is 10.6. The van der Waals surface area contributed by atoms with Gasteiger partial charge >= 0.3 is 5.82 Å². The van der Waals surface area contributed by atoms with Crippen LogP contribution in [-0.4, -0.2) is 14.7 Å². The van der Waals surface area contributed by atoms with Gasteiger partial charge in [0.2, 0.25) is 0 Å². The highest BCUT2D eigenvalue weighted by Gasteiger charge is 2.28. The molecule has 1 fully saturated rings. The monoisotopic (exact) mass is 234 g/mol. The molecule has 0 saturated heterocycles. The number of rotatable bonds is 2. The van der Waals surface area contributed by atoms with Gasteiger partial charge in [0, 0.05) is 0 Å². The van der Waals surface area contributed by atoms with Gasteiger partial charge in [-0.2, -0.15) is 9.94 Å². The summed E-state index contributed by atoms with van der Waals surface area (Å²) in [5.74, 6) is -0.233. The molecular formula is C11H14N4O2. The topological polar surface area (TPSA) is 84.8 Å². The van der Waals surface area contributed by atoms with Crippen molar-refractivity contribution < 1.29 is 4.92 Å². The zero-order valence-corrected chi connectivity index (χ0v) is 9.45. The van der Waals surface area contributed by atoms with E-state index >= 15 is 0 Å². The predicted octanol–water partition coefficient (Wildman–Crippen LogP) is 2.44. The Balaban J connectivity index is 2.23. The largest absolute Gasteiger partial charge is 0.389 e. The number of nitriles is 1. The molecule has 0 aliphatic heterocycles. The Morgan fingerprint density at radius 2 is 2.24 bits per heavy atom. The Bertz CT molecular complexity index is 449. The Kier molecular flexibility index (Phi) is 3.38. The van der Waals surface area contributed by atoms with E-state index in [0.717, 1.165) is 32.1 Å². The molecule has 1 heterocycles. The second-order valence-corrected chi connectivity index (χ2v) is 4.35. The van der Waals surface area contributed by atoms with Crippen LogP contribution in [0.4, 0.5) is 5.82 Å². The normalized spacial score (nSPS) is 24.9. The molecule has 6 nitrogen and oxygen atoms in total. The van der Waals surface area contributed by atoms with E-state index in [2.05, 4.69) is 11.2 Å². The van der Waals surface area contributed by atoms with Crippen molar-refractivity contribution in [3.63, 3.8) is 0 Å². The van der Waals surface area contributed by atoms with Crippen molar-refractivity contribution in [2.45, 2.75) is 38.1 Å². The summed E-state index contributed by atoms with van der Waals surface area (Å²) in [6.45, 7) is 0. The maximum atomic E-state index is 10.6. The molecule has 1 aliphatic rings. The van der Waals surface area contributed by atoms with Crippen molar-refractivity contribution in [2.24, 2.45) is 5.92 Å². The zero-order valence-electron chi connectivity index (χ0n) is 9.45. The molecule has 2 atom stereocenters. The summed E-state index contributed by atoms with van der Waals surface area (Å²) in [7, 11) is 0. The summed E-state index contributed by atoms with van der Waals surface area (Å²) < 4.78 is 1.59. The van der Waals surface area contributed by atoms with Gasteiger partial charge in [-0.15, -0.1) is 0 Å². The van der Waals surface area contributed by atoms with Crippen LogP contribution in [0.2, 0.25) is 0 Å². The Morgan fingerprint density at radius 3 is 2.88 bits per heavy atom. The van der Waals surface area contributed by atoms with Gasteiger partial charge in [0.1, 0.15) is 0 Å². The van der Waals surface area contributed by atoms with E-state index < -0.39 is 4.92 Å². The highest BCUT2D eigenvalue weighted by molar-refractivity contribution is 5.15. The van der Waals surface area contributed by atoms with Crippen molar-refractivity contribution in [2.75, 3.05) is 0 Å². The molecule has 2 rings (SSSR count). The third-order valence-corrected chi connectivity index (χ3v) is 3.27. The quantitative estimate of drug-likeness (QED) is 0.447. The highest BCUT2D eigenvalue weighted by atomic mass is 16.6. The first-order chi connectivity index (χ1) is 8.22. The van der Waals surface area contributed by atoms with Crippen LogP contribution < -0.4 is 0 Å². The highest BCUT2D eigenvalue weighted by Crippen LogP contribution is 2.32. The van der Waals surface area contributed by atoms with Crippen molar-refractivity contribution in [3.05, 3.63) is 22.4 Å². The fraction of sp³-hybridized carbons (Fsp3) is 0.636. The molecule has 17 heavy (non-hydrogen) atoms. The smallest absolute Gasteiger partial charge is 0.358 e. The summed E-state index contributed by atoms with van der Waals surface area (Å²) >= 11 is 0. The van der Waals surface area contributed by atoms with Crippen LogP contribution in [-0.2, 0) is 0 Å². The average molecular weight is 234 g/mol. The van der Waals surface area contributed by atoms with E-state index in [1.807, 2.05) is 0 Å². The summed E-state index contributed by atoms with van der Waals surface area (Å²) in [6, 6.07) is 3.67. The lowest BCUT2D eigenvalue weighted by Gasteiger charge is -2.16. The van der Waals surface area contributed by atoms with Crippen LogP contribution in [0.3, 0.4) is 0 Å². The number of hydrogen-bond donors (Lipinski definition) is 0. The van der Waals surface area contributed by atoms with Gasteiger partial charge < -0.3 is 10.1 Å². The van der Waals surface area contributed by atoms with Crippen molar-refractivity contribution >= 4 is 5.82 Å². The second-order valence-electron chi connectivity index (χ2n) is 4.35. The third-order valence-electron chi connectivity index (χ3n) is 3.27. The molecule has 0 aromatic carbocycles. The third kappa shape index (κ3) is 2.44. The SMILES string of the molecule is N#CC1CCCCCC1n1ccc([N+](=O)[O-])n1. The van der Waals surface area contributed by atoms with E-state index in [0.29, 0.717) is 0 Å². The summed E-state index contributed by atoms with van der Waals surface area (Å²) in [5, 5.41) is 23.7. The minimum absolute atomic E-state index is 0.0174. The molecule has 1 aliphatic carbocycles. The fourth-order valence-electron chi connectivity index (χ4n) is 2.37. The van der Waals surface area contributed by atoms with Gasteiger partial charge in [-0.3, -0.25) is 0 Å². The standard InChI is InChI=1S/C11H14N4O2/c12-8-9-4-2-1-3-5-10(9)14-7-6-11(13-14)15(16)17/h6-7,9-10H,1-5H2. The first-order valence-corrected chi connectivity index (χ1v) is 5.81. The van der Waals surface area contributed by atoms with Crippen molar-refractivity contribution in [3.8, 4) is 6.07 Å². The van der Waals surface area contributed by atoms with Crippen LogP contribution in [0.25, 0.3) is 0 Å². The summed E-state index contributed by atoms with van der Waals surface area (Å²) in [5.41, 5.74) is 0. The van der Waals surface area contributed by atoms with Gasteiger partial charge in [-0.25, -0.2) is 0 Å². The molecule has 90 valence electrons. The number of aromatic nitrogens is 2. The van der Waals surface area contributed by atoms with Crippen LogP contribution in [0, 0.1) is 27.4 Å². The number of hydrogen-bond acceptors (Lipinski definition) is 4. The average Bonchev–Trinajstić information content (AvgIpc) is 2.68. The second kappa shape index (κ2) is 4.95. The molecule has 1 saturated carbocycles. The molecular weight excluding hydrogens is 220 g/mol. The Morgan fingerprint density at radius 1 is 1.47 bits per heavy atom. The lowest BCUT2D eigenvalue weighted by Crippen LogP contribution is -2.18. The van der Waals surface area contributed by atoms with Crippen LogP contribution in [0.5, 0.6) is 0 Å². The first-order valence-electron chi connectivity index (χ1n) is 5.81. The molecule has 2 unspecified atom stereocenters. The van der Waals surface area contributed by atoms with E-state index in [9.17, 15) is 10.1 Å². The van der Waals surface area contributed by atoms with Gasteiger partial charge in [0.15, 0.2) is 0 Å². The van der Waals surface area contributed by atoms with E-state index in [1.165, 1.54) is 6.07 Å². The van der Waals surface area contributed by atoms with Crippen molar-refractivity contribution in [1.82, 2.24) is 9.78 Å². The lowest BCUT2D eigenvalue weighted by molar-refractivity contribution is -0.389.